The molecule has 8 nitrogen and oxygen atoms in total. The Labute approximate surface area is 214 Å². The van der Waals surface area contributed by atoms with Crippen molar-refractivity contribution in [3.63, 3.8) is 0 Å². The molecule has 0 unspecified atom stereocenters. The number of pyridine rings is 1. The summed E-state index contributed by atoms with van der Waals surface area (Å²) in [6, 6.07) is 17.4. The Morgan fingerprint density at radius 3 is 2.53 bits per heavy atom. The fraction of sp³-hybridized carbons (Fsp3) is 0.269. The predicted octanol–water partition coefficient (Wildman–Crippen LogP) is 4.89. The molecule has 4 rings (SSSR count). The van der Waals surface area contributed by atoms with E-state index in [1.54, 1.807) is 23.2 Å². The SMILES string of the molecule is CCOc1ccc2nc(N(Cc3ccccn3)C(=O)CCCS(=O)(=O)c3ccc(OC)cc3)sc2c1. The largest absolute Gasteiger partial charge is 0.497 e. The molecule has 2 heterocycles. The fourth-order valence-electron chi connectivity index (χ4n) is 3.63. The summed E-state index contributed by atoms with van der Waals surface area (Å²) in [5.41, 5.74) is 1.48. The molecule has 0 atom stereocenters. The first-order valence-corrected chi connectivity index (χ1v) is 14.0. The van der Waals surface area contributed by atoms with Crippen molar-refractivity contribution >= 4 is 42.4 Å². The quantitative estimate of drug-likeness (QED) is 0.275. The highest BCUT2D eigenvalue weighted by Crippen LogP contribution is 2.32. The van der Waals surface area contributed by atoms with Crippen LogP contribution in [0.2, 0.25) is 0 Å². The molecule has 0 spiro atoms. The Hall–Kier alpha value is -3.50. The van der Waals surface area contributed by atoms with Gasteiger partial charge in [-0.3, -0.25) is 14.7 Å². The van der Waals surface area contributed by atoms with Crippen LogP contribution in [0.5, 0.6) is 11.5 Å². The van der Waals surface area contributed by atoms with Gasteiger partial charge in [0.15, 0.2) is 15.0 Å². The average molecular weight is 526 g/mol. The molecule has 0 saturated carbocycles. The second kappa shape index (κ2) is 11.5. The summed E-state index contributed by atoms with van der Waals surface area (Å²) < 4.78 is 37.1. The minimum absolute atomic E-state index is 0.0579. The molecular weight excluding hydrogens is 498 g/mol. The van der Waals surface area contributed by atoms with Gasteiger partial charge in [-0.05, 0) is 67.9 Å². The van der Waals surface area contributed by atoms with E-state index in [1.165, 1.54) is 30.6 Å². The van der Waals surface area contributed by atoms with Crippen LogP contribution in [0.1, 0.15) is 25.5 Å². The number of thiazole rings is 1. The molecule has 10 heteroatoms. The number of nitrogens with zero attached hydrogens (tertiary/aromatic N) is 3. The minimum Gasteiger partial charge on any atom is -0.497 e. The van der Waals surface area contributed by atoms with Gasteiger partial charge in [0.2, 0.25) is 5.91 Å². The standard InChI is InChI=1S/C26H27N3O5S2/c1-3-34-21-11-14-23-24(17-21)35-26(28-23)29(18-19-7-4-5-15-27-19)25(30)8-6-16-36(31,32)22-12-9-20(33-2)10-13-22/h4-5,7,9-15,17H,3,6,8,16,18H2,1-2H3. The van der Waals surface area contributed by atoms with Crippen LogP contribution >= 0.6 is 11.3 Å². The number of ether oxygens (including phenoxy) is 2. The van der Waals surface area contributed by atoms with Crippen molar-refractivity contribution in [3.8, 4) is 11.5 Å². The average Bonchev–Trinajstić information content (AvgIpc) is 3.31. The lowest BCUT2D eigenvalue weighted by molar-refractivity contribution is -0.118. The van der Waals surface area contributed by atoms with E-state index in [4.69, 9.17) is 9.47 Å². The number of hydrogen-bond acceptors (Lipinski definition) is 8. The Bertz CT molecular complexity index is 1420. The van der Waals surface area contributed by atoms with Crippen molar-refractivity contribution in [3.05, 3.63) is 72.6 Å². The third-order valence-electron chi connectivity index (χ3n) is 5.46. The molecule has 0 aliphatic heterocycles. The molecular formula is C26H27N3O5S2. The van der Waals surface area contributed by atoms with Crippen LogP contribution in [0.3, 0.4) is 0 Å². The monoisotopic (exact) mass is 525 g/mol. The van der Waals surface area contributed by atoms with Crippen LogP contribution < -0.4 is 14.4 Å². The summed E-state index contributed by atoms with van der Waals surface area (Å²) >= 11 is 1.39. The molecule has 2 aromatic carbocycles. The number of fused-ring (bicyclic) bond motifs is 1. The smallest absolute Gasteiger partial charge is 0.229 e. The molecule has 0 N–H and O–H groups in total. The van der Waals surface area contributed by atoms with Gasteiger partial charge in [-0.25, -0.2) is 13.4 Å². The summed E-state index contributed by atoms with van der Waals surface area (Å²) in [6.45, 7) is 2.72. The molecule has 2 aromatic heterocycles. The van der Waals surface area contributed by atoms with E-state index in [0.29, 0.717) is 23.2 Å². The lowest BCUT2D eigenvalue weighted by Gasteiger charge is -2.19. The summed E-state index contributed by atoms with van der Waals surface area (Å²) in [5.74, 6) is 0.972. The number of benzene rings is 2. The van der Waals surface area contributed by atoms with Crippen molar-refractivity contribution in [1.29, 1.82) is 0 Å². The molecule has 0 aliphatic carbocycles. The van der Waals surface area contributed by atoms with Gasteiger partial charge in [-0.2, -0.15) is 0 Å². The van der Waals surface area contributed by atoms with E-state index < -0.39 is 9.84 Å². The minimum atomic E-state index is -3.53. The summed E-state index contributed by atoms with van der Waals surface area (Å²) in [6.07, 6.45) is 1.92. The Kier molecular flexibility index (Phi) is 8.17. The second-order valence-electron chi connectivity index (χ2n) is 7.96. The summed E-state index contributed by atoms with van der Waals surface area (Å²) in [7, 11) is -2.00. The molecule has 4 aromatic rings. The maximum absolute atomic E-state index is 13.3. The Balaban J connectivity index is 1.51. The Morgan fingerprint density at radius 2 is 1.83 bits per heavy atom. The summed E-state index contributed by atoms with van der Waals surface area (Å²) in [5, 5.41) is 0.535. The van der Waals surface area contributed by atoms with Gasteiger partial charge in [-0.15, -0.1) is 0 Å². The number of methoxy groups -OCH3 is 1. The van der Waals surface area contributed by atoms with Crippen LogP contribution in [0.4, 0.5) is 5.13 Å². The fourth-order valence-corrected chi connectivity index (χ4v) is 5.95. The van der Waals surface area contributed by atoms with Crippen LogP contribution in [0.25, 0.3) is 10.2 Å². The van der Waals surface area contributed by atoms with Gasteiger partial charge in [-0.1, -0.05) is 17.4 Å². The maximum Gasteiger partial charge on any atom is 0.229 e. The van der Waals surface area contributed by atoms with Gasteiger partial charge in [0.1, 0.15) is 11.5 Å². The number of amides is 1. The first-order chi connectivity index (χ1) is 17.4. The van der Waals surface area contributed by atoms with E-state index in [2.05, 4.69) is 9.97 Å². The third-order valence-corrected chi connectivity index (χ3v) is 8.32. The molecule has 0 radical (unpaired) electrons. The topological polar surface area (TPSA) is 98.7 Å². The van der Waals surface area contributed by atoms with Crippen molar-refractivity contribution in [2.24, 2.45) is 0 Å². The van der Waals surface area contributed by atoms with E-state index in [9.17, 15) is 13.2 Å². The predicted molar refractivity (Wildman–Crippen MR) is 140 cm³/mol. The number of carbonyl (C=O) groups excluding carboxylic acids is 1. The zero-order valence-corrected chi connectivity index (χ0v) is 21.7. The molecule has 0 saturated heterocycles. The van der Waals surface area contributed by atoms with Crippen LogP contribution in [-0.2, 0) is 21.2 Å². The highest BCUT2D eigenvalue weighted by molar-refractivity contribution is 7.91. The van der Waals surface area contributed by atoms with Crippen LogP contribution in [-0.4, -0.2) is 43.8 Å². The summed E-state index contributed by atoms with van der Waals surface area (Å²) in [4.78, 5) is 24.1. The molecule has 0 fully saturated rings. The lowest BCUT2D eigenvalue weighted by Crippen LogP contribution is -2.30. The number of aromatic nitrogens is 2. The number of rotatable bonds is 11. The maximum atomic E-state index is 13.3. The molecule has 188 valence electrons. The van der Waals surface area contributed by atoms with Gasteiger partial charge >= 0.3 is 0 Å². The van der Waals surface area contributed by atoms with Crippen LogP contribution in [0, 0.1) is 0 Å². The third kappa shape index (κ3) is 6.19. The number of anilines is 1. The van der Waals surface area contributed by atoms with Gasteiger partial charge in [0.05, 0.1) is 46.8 Å². The van der Waals surface area contributed by atoms with E-state index in [1.807, 2.05) is 43.3 Å². The highest BCUT2D eigenvalue weighted by atomic mass is 32.2. The molecule has 0 bridgehead atoms. The molecule has 0 aliphatic rings. The number of sulfone groups is 1. The second-order valence-corrected chi connectivity index (χ2v) is 11.1. The van der Waals surface area contributed by atoms with E-state index >= 15 is 0 Å². The van der Waals surface area contributed by atoms with Gasteiger partial charge in [0.25, 0.3) is 0 Å². The zero-order chi connectivity index (χ0) is 25.5. The lowest BCUT2D eigenvalue weighted by atomic mass is 10.2. The van der Waals surface area contributed by atoms with Gasteiger partial charge in [0, 0.05) is 12.6 Å². The zero-order valence-electron chi connectivity index (χ0n) is 20.1. The molecule has 1 amide bonds. The van der Waals surface area contributed by atoms with E-state index in [-0.39, 0.29) is 35.9 Å². The first kappa shape index (κ1) is 25.6. The van der Waals surface area contributed by atoms with Crippen LogP contribution in [0.15, 0.2) is 71.8 Å². The molecule has 36 heavy (non-hydrogen) atoms. The van der Waals surface area contributed by atoms with Gasteiger partial charge < -0.3 is 9.47 Å². The first-order valence-electron chi connectivity index (χ1n) is 11.5. The van der Waals surface area contributed by atoms with Crippen molar-refractivity contribution in [1.82, 2.24) is 9.97 Å². The number of hydrogen-bond donors (Lipinski definition) is 0. The normalized spacial score (nSPS) is 11.4. The highest BCUT2D eigenvalue weighted by Gasteiger charge is 2.22. The van der Waals surface area contributed by atoms with Crippen molar-refractivity contribution < 1.29 is 22.7 Å². The Morgan fingerprint density at radius 1 is 1.06 bits per heavy atom. The van der Waals surface area contributed by atoms with E-state index in [0.717, 1.165) is 16.0 Å². The van der Waals surface area contributed by atoms with Crippen molar-refractivity contribution in [2.45, 2.75) is 31.2 Å². The van der Waals surface area contributed by atoms with Crippen molar-refractivity contribution in [2.75, 3.05) is 24.4 Å². The number of carbonyl (C=O) groups is 1.